The predicted molar refractivity (Wildman–Crippen MR) is 82.7 cm³/mol. The van der Waals surface area contributed by atoms with E-state index in [4.69, 9.17) is 4.42 Å². The van der Waals surface area contributed by atoms with Gasteiger partial charge in [0.15, 0.2) is 0 Å². The molecular weight excluding hydrogens is 246 g/mol. The molecule has 1 aromatic heterocycles. The van der Waals surface area contributed by atoms with Crippen LogP contribution in [0.5, 0.6) is 0 Å². The molecule has 3 rings (SSSR count). The third-order valence-corrected chi connectivity index (χ3v) is 3.56. The van der Waals surface area contributed by atoms with Crippen molar-refractivity contribution in [3.05, 3.63) is 72.2 Å². The van der Waals surface area contributed by atoms with Gasteiger partial charge in [-0.05, 0) is 41.5 Å². The third-order valence-electron chi connectivity index (χ3n) is 3.56. The van der Waals surface area contributed by atoms with Crippen LogP contribution in [0.25, 0.3) is 10.8 Å². The van der Waals surface area contributed by atoms with E-state index in [1.807, 2.05) is 12.1 Å². The van der Waals surface area contributed by atoms with Gasteiger partial charge in [0.1, 0.15) is 5.76 Å². The number of furan rings is 1. The molecule has 0 aliphatic heterocycles. The molecule has 0 amide bonds. The van der Waals surface area contributed by atoms with Crippen LogP contribution in [0.2, 0.25) is 0 Å². The molecule has 0 bridgehead atoms. The summed E-state index contributed by atoms with van der Waals surface area (Å²) in [6.45, 7) is 3.07. The average molecular weight is 265 g/mol. The van der Waals surface area contributed by atoms with E-state index in [-0.39, 0.29) is 0 Å². The Balaban J connectivity index is 1.61. The van der Waals surface area contributed by atoms with Crippen molar-refractivity contribution in [3.63, 3.8) is 0 Å². The molecule has 20 heavy (non-hydrogen) atoms. The lowest BCUT2D eigenvalue weighted by Gasteiger charge is -2.13. The van der Waals surface area contributed by atoms with Crippen molar-refractivity contribution in [2.75, 3.05) is 0 Å². The van der Waals surface area contributed by atoms with Crippen LogP contribution in [-0.4, -0.2) is 6.04 Å². The fourth-order valence-corrected chi connectivity index (χ4v) is 2.44. The molecule has 0 saturated heterocycles. The Labute approximate surface area is 119 Å². The molecule has 0 aliphatic carbocycles. The van der Waals surface area contributed by atoms with Crippen LogP contribution in [0.15, 0.2) is 65.3 Å². The maximum Gasteiger partial charge on any atom is 0.105 e. The van der Waals surface area contributed by atoms with E-state index in [9.17, 15) is 0 Å². The highest BCUT2D eigenvalue weighted by Crippen LogP contribution is 2.15. The Bertz CT molecular complexity index is 673. The van der Waals surface area contributed by atoms with E-state index in [0.29, 0.717) is 6.04 Å². The summed E-state index contributed by atoms with van der Waals surface area (Å²) < 4.78 is 5.37. The second kappa shape index (κ2) is 5.93. The monoisotopic (exact) mass is 265 g/mol. The number of hydrogen-bond acceptors (Lipinski definition) is 2. The summed E-state index contributed by atoms with van der Waals surface area (Å²) >= 11 is 0. The number of rotatable bonds is 5. The fraction of sp³-hybridized carbons (Fsp3) is 0.222. The summed E-state index contributed by atoms with van der Waals surface area (Å²) in [5.74, 6) is 1.03. The molecule has 0 spiro atoms. The molecule has 3 aromatic rings. The highest BCUT2D eigenvalue weighted by molar-refractivity contribution is 5.82. The Morgan fingerprint density at radius 1 is 1.00 bits per heavy atom. The number of benzene rings is 2. The molecule has 0 radical (unpaired) electrons. The van der Waals surface area contributed by atoms with Gasteiger partial charge in [0.25, 0.3) is 0 Å². The normalized spacial score (nSPS) is 12.7. The lowest BCUT2D eigenvalue weighted by Crippen LogP contribution is -2.27. The molecule has 0 aliphatic rings. The quantitative estimate of drug-likeness (QED) is 0.749. The van der Waals surface area contributed by atoms with Gasteiger partial charge < -0.3 is 9.73 Å². The zero-order valence-electron chi connectivity index (χ0n) is 11.7. The first-order chi connectivity index (χ1) is 9.81. The number of fused-ring (bicyclic) bond motifs is 1. The van der Waals surface area contributed by atoms with Gasteiger partial charge >= 0.3 is 0 Å². The lowest BCUT2D eigenvalue weighted by molar-refractivity contribution is 0.456. The predicted octanol–water partition coefficient (Wildman–Crippen LogP) is 4.15. The molecule has 2 nitrogen and oxygen atoms in total. The van der Waals surface area contributed by atoms with Gasteiger partial charge in [-0.25, -0.2) is 0 Å². The minimum atomic E-state index is 0.396. The van der Waals surface area contributed by atoms with Crippen molar-refractivity contribution in [3.8, 4) is 0 Å². The van der Waals surface area contributed by atoms with E-state index in [1.165, 1.54) is 16.3 Å². The molecule has 1 atom stereocenters. The van der Waals surface area contributed by atoms with Crippen molar-refractivity contribution < 1.29 is 4.42 Å². The Kier molecular flexibility index (Phi) is 3.84. The third kappa shape index (κ3) is 3.09. The largest absolute Gasteiger partial charge is 0.469 e. The molecule has 1 unspecified atom stereocenters. The van der Waals surface area contributed by atoms with Gasteiger partial charge in [0.2, 0.25) is 0 Å². The first-order valence-corrected chi connectivity index (χ1v) is 7.05. The van der Waals surface area contributed by atoms with E-state index >= 15 is 0 Å². The van der Waals surface area contributed by atoms with E-state index in [2.05, 4.69) is 54.7 Å². The van der Waals surface area contributed by atoms with E-state index in [0.717, 1.165) is 18.7 Å². The minimum absolute atomic E-state index is 0.396. The van der Waals surface area contributed by atoms with Gasteiger partial charge in [-0.1, -0.05) is 36.4 Å². The van der Waals surface area contributed by atoms with Crippen molar-refractivity contribution in [1.29, 1.82) is 0 Å². The Hall–Kier alpha value is -2.06. The molecule has 2 heteroatoms. The summed E-state index contributed by atoms with van der Waals surface area (Å²) in [6.07, 6.45) is 2.64. The Morgan fingerprint density at radius 3 is 2.65 bits per heavy atom. The lowest BCUT2D eigenvalue weighted by atomic mass is 10.1. The highest BCUT2D eigenvalue weighted by Gasteiger charge is 2.05. The van der Waals surface area contributed by atoms with Gasteiger partial charge in [-0.3, -0.25) is 0 Å². The molecule has 0 fully saturated rings. The molecule has 1 heterocycles. The van der Waals surface area contributed by atoms with Crippen LogP contribution in [0.4, 0.5) is 0 Å². The molecule has 102 valence electrons. The van der Waals surface area contributed by atoms with Crippen LogP contribution in [0.1, 0.15) is 18.2 Å². The summed E-state index contributed by atoms with van der Waals surface area (Å²) in [7, 11) is 0. The first-order valence-electron chi connectivity index (χ1n) is 7.05. The van der Waals surface area contributed by atoms with E-state index in [1.54, 1.807) is 6.26 Å². The molecular formula is C18H19NO. The number of nitrogens with one attached hydrogen (secondary N) is 1. The van der Waals surface area contributed by atoms with Crippen LogP contribution in [0, 0.1) is 0 Å². The first kappa shape index (κ1) is 12.9. The summed E-state index contributed by atoms with van der Waals surface area (Å²) in [4.78, 5) is 0. The second-order valence-corrected chi connectivity index (χ2v) is 5.25. The van der Waals surface area contributed by atoms with Gasteiger partial charge in [-0.15, -0.1) is 0 Å². The topological polar surface area (TPSA) is 25.2 Å². The van der Waals surface area contributed by atoms with Crippen molar-refractivity contribution in [1.82, 2.24) is 5.32 Å². The van der Waals surface area contributed by atoms with Gasteiger partial charge in [-0.2, -0.15) is 0 Å². The standard InChI is InChI=1S/C18H19NO/c1-14(11-18-7-4-10-20-18)19-13-15-8-9-16-5-2-3-6-17(16)12-15/h2-10,12,14,19H,11,13H2,1H3. The minimum Gasteiger partial charge on any atom is -0.469 e. The maximum atomic E-state index is 5.37. The molecule has 2 aromatic carbocycles. The van der Waals surface area contributed by atoms with Crippen LogP contribution in [0.3, 0.4) is 0 Å². The highest BCUT2D eigenvalue weighted by atomic mass is 16.3. The van der Waals surface area contributed by atoms with Crippen LogP contribution in [-0.2, 0) is 13.0 Å². The average Bonchev–Trinajstić information content (AvgIpc) is 2.98. The zero-order chi connectivity index (χ0) is 13.8. The molecule has 1 N–H and O–H groups in total. The SMILES string of the molecule is CC(Cc1ccco1)NCc1ccc2ccccc2c1. The fourth-order valence-electron chi connectivity index (χ4n) is 2.44. The van der Waals surface area contributed by atoms with E-state index < -0.39 is 0 Å². The van der Waals surface area contributed by atoms with Gasteiger partial charge in [0.05, 0.1) is 6.26 Å². The molecule has 0 saturated carbocycles. The van der Waals surface area contributed by atoms with Gasteiger partial charge in [0, 0.05) is 19.0 Å². The number of hydrogen-bond donors (Lipinski definition) is 1. The summed E-state index contributed by atoms with van der Waals surface area (Å²) in [6, 6.07) is 19.4. The zero-order valence-corrected chi connectivity index (χ0v) is 11.7. The van der Waals surface area contributed by atoms with Crippen LogP contribution < -0.4 is 5.32 Å². The van der Waals surface area contributed by atoms with Crippen molar-refractivity contribution in [2.45, 2.75) is 25.9 Å². The maximum absolute atomic E-state index is 5.37. The summed E-state index contributed by atoms with van der Waals surface area (Å²) in [5, 5.41) is 6.13. The second-order valence-electron chi connectivity index (χ2n) is 5.25. The Morgan fingerprint density at radius 2 is 1.85 bits per heavy atom. The summed E-state index contributed by atoms with van der Waals surface area (Å²) in [5.41, 5.74) is 1.31. The van der Waals surface area contributed by atoms with Crippen molar-refractivity contribution >= 4 is 10.8 Å². The van der Waals surface area contributed by atoms with Crippen molar-refractivity contribution in [2.24, 2.45) is 0 Å². The van der Waals surface area contributed by atoms with Crippen LogP contribution >= 0.6 is 0 Å². The smallest absolute Gasteiger partial charge is 0.105 e.